The zero-order chi connectivity index (χ0) is 17.5. The van der Waals surface area contributed by atoms with Crippen LogP contribution in [0.5, 0.6) is 11.5 Å². The maximum atomic E-state index is 12.5. The lowest BCUT2D eigenvalue weighted by Crippen LogP contribution is -2.36. The van der Waals surface area contributed by atoms with Crippen LogP contribution in [-0.2, 0) is 14.3 Å². The highest BCUT2D eigenvalue weighted by molar-refractivity contribution is 5.83. The maximum absolute atomic E-state index is 12.5. The predicted octanol–water partition coefficient (Wildman–Crippen LogP) is 3.75. The van der Waals surface area contributed by atoms with Gasteiger partial charge in [0.1, 0.15) is 11.5 Å². The fourth-order valence-electron chi connectivity index (χ4n) is 2.99. The first-order valence-electron chi connectivity index (χ1n) is 8.66. The van der Waals surface area contributed by atoms with Gasteiger partial charge < -0.3 is 14.2 Å². The van der Waals surface area contributed by atoms with E-state index in [0.717, 1.165) is 18.6 Å². The Morgan fingerprint density at radius 1 is 1.00 bits per heavy atom. The fraction of sp³-hybridized carbons (Fsp3) is 0.579. The first-order valence-corrected chi connectivity index (χ1v) is 8.66. The van der Waals surface area contributed by atoms with E-state index in [-0.39, 0.29) is 18.0 Å². The lowest BCUT2D eigenvalue weighted by atomic mass is 9.79. The van der Waals surface area contributed by atoms with Gasteiger partial charge in [0.05, 0.1) is 24.5 Å². The summed E-state index contributed by atoms with van der Waals surface area (Å²) in [5.41, 5.74) is 0. The number of rotatable bonds is 6. The Kier molecular flexibility index (Phi) is 6.64. The molecular formula is C19H26O5. The summed E-state index contributed by atoms with van der Waals surface area (Å²) in [6, 6.07) is 6.95. The standard InChI is InChI=1S/C19H26O5/c1-4-22-18(20)16-7-5-6-8-17(16)19(21)24-15-11-9-14(10-12-15)23-13(2)3/h9-13,16-17H,4-8H2,1-3H3. The Balaban J connectivity index is 2.00. The van der Waals surface area contributed by atoms with Crippen LogP contribution >= 0.6 is 0 Å². The molecule has 0 spiro atoms. The van der Waals surface area contributed by atoms with E-state index in [1.807, 2.05) is 13.8 Å². The lowest BCUT2D eigenvalue weighted by Gasteiger charge is -2.28. The molecule has 24 heavy (non-hydrogen) atoms. The molecule has 1 fully saturated rings. The predicted molar refractivity (Wildman–Crippen MR) is 89.9 cm³/mol. The van der Waals surface area contributed by atoms with Crippen molar-refractivity contribution in [2.24, 2.45) is 11.8 Å². The Labute approximate surface area is 143 Å². The molecule has 132 valence electrons. The summed E-state index contributed by atoms with van der Waals surface area (Å²) in [6.07, 6.45) is 3.30. The molecule has 0 amide bonds. The molecule has 2 atom stereocenters. The van der Waals surface area contributed by atoms with Crippen molar-refractivity contribution in [3.63, 3.8) is 0 Å². The van der Waals surface area contributed by atoms with Gasteiger partial charge in [-0.1, -0.05) is 12.8 Å². The van der Waals surface area contributed by atoms with Crippen LogP contribution in [0.15, 0.2) is 24.3 Å². The molecule has 2 unspecified atom stereocenters. The van der Waals surface area contributed by atoms with E-state index in [9.17, 15) is 9.59 Å². The zero-order valence-corrected chi connectivity index (χ0v) is 14.6. The van der Waals surface area contributed by atoms with Gasteiger partial charge in [0, 0.05) is 0 Å². The minimum atomic E-state index is -0.426. The van der Waals surface area contributed by atoms with Crippen LogP contribution < -0.4 is 9.47 Å². The first-order chi connectivity index (χ1) is 11.5. The number of hydrogen-bond acceptors (Lipinski definition) is 5. The summed E-state index contributed by atoms with van der Waals surface area (Å²) in [4.78, 5) is 24.6. The van der Waals surface area contributed by atoms with Gasteiger partial charge in [-0.25, -0.2) is 0 Å². The number of esters is 2. The Morgan fingerprint density at radius 3 is 2.08 bits per heavy atom. The van der Waals surface area contributed by atoms with E-state index >= 15 is 0 Å². The number of hydrogen-bond donors (Lipinski definition) is 0. The molecule has 1 aromatic rings. The Bertz CT molecular complexity index is 549. The molecule has 1 aromatic carbocycles. The average Bonchev–Trinajstić information content (AvgIpc) is 2.56. The topological polar surface area (TPSA) is 61.8 Å². The molecule has 0 N–H and O–H groups in total. The molecule has 2 rings (SSSR count). The molecule has 1 aliphatic rings. The van der Waals surface area contributed by atoms with Crippen LogP contribution in [0.4, 0.5) is 0 Å². The SMILES string of the molecule is CCOC(=O)C1CCCCC1C(=O)Oc1ccc(OC(C)C)cc1. The summed E-state index contributed by atoms with van der Waals surface area (Å²) >= 11 is 0. The number of carbonyl (C=O) groups excluding carboxylic acids is 2. The fourth-order valence-corrected chi connectivity index (χ4v) is 2.99. The molecule has 0 saturated heterocycles. The highest BCUT2D eigenvalue weighted by Gasteiger charge is 2.38. The van der Waals surface area contributed by atoms with Gasteiger partial charge in [0.25, 0.3) is 0 Å². The quantitative estimate of drug-likeness (QED) is 0.586. The van der Waals surface area contributed by atoms with Crippen molar-refractivity contribution < 1.29 is 23.8 Å². The molecule has 0 heterocycles. The summed E-state index contributed by atoms with van der Waals surface area (Å²) in [7, 11) is 0. The highest BCUT2D eigenvalue weighted by atomic mass is 16.5. The van der Waals surface area contributed by atoms with Crippen LogP contribution in [0.2, 0.25) is 0 Å². The lowest BCUT2D eigenvalue weighted by molar-refractivity contribution is -0.158. The van der Waals surface area contributed by atoms with Crippen molar-refractivity contribution in [3.8, 4) is 11.5 Å². The number of ether oxygens (including phenoxy) is 3. The number of carbonyl (C=O) groups is 2. The third-order valence-electron chi connectivity index (χ3n) is 4.07. The Hall–Kier alpha value is -2.04. The van der Waals surface area contributed by atoms with Gasteiger partial charge in [0.2, 0.25) is 0 Å². The molecule has 1 aliphatic carbocycles. The molecule has 0 aromatic heterocycles. The van der Waals surface area contributed by atoms with Gasteiger partial charge in [-0.2, -0.15) is 0 Å². The van der Waals surface area contributed by atoms with E-state index in [2.05, 4.69) is 0 Å². The van der Waals surface area contributed by atoms with E-state index < -0.39 is 11.8 Å². The molecular weight excluding hydrogens is 308 g/mol. The van der Waals surface area contributed by atoms with Gasteiger partial charge in [-0.05, 0) is 57.9 Å². The maximum Gasteiger partial charge on any atom is 0.315 e. The van der Waals surface area contributed by atoms with Crippen LogP contribution in [0.3, 0.4) is 0 Å². The first kappa shape index (κ1) is 18.3. The average molecular weight is 334 g/mol. The van der Waals surface area contributed by atoms with E-state index in [0.29, 0.717) is 25.2 Å². The number of benzene rings is 1. The minimum Gasteiger partial charge on any atom is -0.491 e. The second-order valence-corrected chi connectivity index (χ2v) is 6.31. The van der Waals surface area contributed by atoms with E-state index in [1.54, 1.807) is 31.2 Å². The molecule has 0 radical (unpaired) electrons. The van der Waals surface area contributed by atoms with Gasteiger partial charge >= 0.3 is 11.9 Å². The van der Waals surface area contributed by atoms with Crippen molar-refractivity contribution in [2.45, 2.75) is 52.6 Å². The smallest absolute Gasteiger partial charge is 0.315 e. The normalized spacial score (nSPS) is 20.5. The minimum absolute atomic E-state index is 0.0889. The van der Waals surface area contributed by atoms with Gasteiger partial charge in [0.15, 0.2) is 0 Å². The molecule has 1 saturated carbocycles. The summed E-state index contributed by atoms with van der Waals surface area (Å²) in [5, 5.41) is 0. The van der Waals surface area contributed by atoms with Crippen LogP contribution in [0.1, 0.15) is 46.5 Å². The zero-order valence-electron chi connectivity index (χ0n) is 14.6. The third kappa shape index (κ3) is 4.98. The summed E-state index contributed by atoms with van der Waals surface area (Å²) < 4.78 is 16.1. The van der Waals surface area contributed by atoms with Crippen LogP contribution in [-0.4, -0.2) is 24.6 Å². The summed E-state index contributed by atoms with van der Waals surface area (Å²) in [6.45, 7) is 6.00. The van der Waals surface area contributed by atoms with Gasteiger partial charge in [-0.3, -0.25) is 9.59 Å². The van der Waals surface area contributed by atoms with Crippen LogP contribution in [0.25, 0.3) is 0 Å². The van der Waals surface area contributed by atoms with Gasteiger partial charge in [-0.15, -0.1) is 0 Å². The third-order valence-corrected chi connectivity index (χ3v) is 4.07. The second-order valence-electron chi connectivity index (χ2n) is 6.31. The molecule has 0 bridgehead atoms. The van der Waals surface area contributed by atoms with Crippen molar-refractivity contribution in [2.75, 3.05) is 6.61 Å². The summed E-state index contributed by atoms with van der Waals surface area (Å²) in [5.74, 6) is -0.277. The van der Waals surface area contributed by atoms with Crippen LogP contribution in [0, 0.1) is 11.8 Å². The molecule has 5 heteroatoms. The molecule has 0 aliphatic heterocycles. The second kappa shape index (κ2) is 8.71. The monoisotopic (exact) mass is 334 g/mol. The van der Waals surface area contributed by atoms with E-state index in [1.165, 1.54) is 0 Å². The van der Waals surface area contributed by atoms with Crippen molar-refractivity contribution in [1.29, 1.82) is 0 Å². The van der Waals surface area contributed by atoms with Crippen molar-refractivity contribution in [3.05, 3.63) is 24.3 Å². The Morgan fingerprint density at radius 2 is 1.54 bits per heavy atom. The van der Waals surface area contributed by atoms with E-state index in [4.69, 9.17) is 14.2 Å². The highest BCUT2D eigenvalue weighted by Crippen LogP contribution is 2.32. The molecule has 5 nitrogen and oxygen atoms in total. The van der Waals surface area contributed by atoms with Crippen molar-refractivity contribution >= 4 is 11.9 Å². The largest absolute Gasteiger partial charge is 0.491 e. The van der Waals surface area contributed by atoms with Crippen molar-refractivity contribution in [1.82, 2.24) is 0 Å².